The van der Waals surface area contributed by atoms with Crippen molar-refractivity contribution in [1.82, 2.24) is 17.5 Å². The summed E-state index contributed by atoms with van der Waals surface area (Å²) in [5.74, 6) is -0.382. The average molecular weight is 1280 g/mol. The van der Waals surface area contributed by atoms with Crippen molar-refractivity contribution >= 4 is 90.7 Å². The van der Waals surface area contributed by atoms with Gasteiger partial charge in [0.05, 0.1) is 23.5 Å². The predicted molar refractivity (Wildman–Crippen MR) is 334 cm³/mol. The first-order valence-corrected chi connectivity index (χ1v) is 34.4. The van der Waals surface area contributed by atoms with Crippen LogP contribution in [0.2, 0.25) is 0 Å². The summed E-state index contributed by atoms with van der Waals surface area (Å²) >= 11 is 7.30. The summed E-state index contributed by atoms with van der Waals surface area (Å²) in [5.41, 5.74) is 7.94. The molecule has 2 aliphatic rings. The Labute approximate surface area is 483 Å². The molecule has 0 radical (unpaired) electrons. The standard InChI is InChI=1S/C64H94F2I2N4S2/c1-5-9-13-17-21-25-29-33-37-41-63(42-38-34-30-26-22-18-14-10-6-2)47-45-49(67)59-61(71-73-69-59)51(47)53-55(63)57(65)54-52-48(46-50(68)60-62(52)72-74-70-60)64(56(54)58(53)66,43-39-35-31-27-23-19-15-11-7-3)44-40-36-32-28-24-20-16-12-8-4/h45-46H,5-44H2,1-4H3. The van der Waals surface area contributed by atoms with Gasteiger partial charge >= 0.3 is 0 Å². The first-order valence-electron chi connectivity index (χ1n) is 30.8. The highest BCUT2D eigenvalue weighted by atomic mass is 127. The van der Waals surface area contributed by atoms with Gasteiger partial charge in [0.25, 0.3) is 0 Å². The molecule has 7 rings (SSSR count). The number of benzene rings is 3. The Balaban J connectivity index is 1.34. The van der Waals surface area contributed by atoms with Crippen molar-refractivity contribution in [3.8, 4) is 22.3 Å². The molecule has 0 aliphatic heterocycles. The first kappa shape index (κ1) is 60.3. The first-order chi connectivity index (χ1) is 36.3. The molecule has 0 N–H and O–H groups in total. The normalized spacial score (nSPS) is 14.2. The number of fused-ring (bicyclic) bond motifs is 10. The minimum Gasteiger partial charge on any atom is -0.206 e. The fourth-order valence-corrected chi connectivity index (χ4v) is 16.5. The van der Waals surface area contributed by atoms with E-state index in [1.165, 1.54) is 203 Å². The Morgan fingerprint density at radius 2 is 0.568 bits per heavy atom. The topological polar surface area (TPSA) is 51.6 Å². The highest BCUT2D eigenvalue weighted by molar-refractivity contribution is 14.1. The van der Waals surface area contributed by atoms with Crippen LogP contribution in [0.15, 0.2) is 12.1 Å². The second kappa shape index (κ2) is 31.4. The van der Waals surface area contributed by atoms with Gasteiger partial charge in [-0.1, -0.05) is 259 Å². The molecule has 0 fully saturated rings. The molecular formula is C64H94F2I2N4S2. The van der Waals surface area contributed by atoms with E-state index < -0.39 is 10.8 Å². The quantitative estimate of drug-likeness (QED) is 0.0290. The molecule has 0 saturated carbocycles. The van der Waals surface area contributed by atoms with Gasteiger partial charge in [-0.2, -0.15) is 17.5 Å². The Hall–Kier alpha value is -1.38. The average Bonchev–Trinajstić information content (AvgIpc) is 4.28. The number of nitrogens with zero attached hydrogens (tertiary/aromatic N) is 4. The molecule has 2 heterocycles. The molecule has 0 saturated heterocycles. The van der Waals surface area contributed by atoms with Crippen LogP contribution in [-0.4, -0.2) is 17.5 Å². The van der Waals surface area contributed by atoms with Crippen LogP contribution >= 0.6 is 68.6 Å². The van der Waals surface area contributed by atoms with Gasteiger partial charge in [-0.15, -0.1) is 0 Å². The summed E-state index contributed by atoms with van der Waals surface area (Å²) < 4.78 is 61.1. The molecule has 2 aromatic heterocycles. The Kier molecular flexibility index (Phi) is 25.6. The lowest BCUT2D eigenvalue weighted by Gasteiger charge is -2.35. The van der Waals surface area contributed by atoms with Crippen molar-refractivity contribution in [1.29, 1.82) is 0 Å². The third-order valence-corrected chi connectivity index (χ3v) is 20.4. The highest BCUT2D eigenvalue weighted by Crippen LogP contribution is 2.65. The van der Waals surface area contributed by atoms with Crippen LogP contribution in [0.25, 0.3) is 44.3 Å². The molecule has 5 aromatic rings. The third kappa shape index (κ3) is 14.3. The molecule has 0 amide bonds. The smallest absolute Gasteiger partial charge is 0.136 e. The number of unbranched alkanes of at least 4 members (excludes halogenated alkanes) is 32. The number of aromatic nitrogens is 4. The largest absolute Gasteiger partial charge is 0.206 e. The Morgan fingerprint density at radius 1 is 0.338 bits per heavy atom. The van der Waals surface area contributed by atoms with Crippen LogP contribution in [0.4, 0.5) is 8.78 Å². The van der Waals surface area contributed by atoms with E-state index in [2.05, 4.69) is 85.0 Å². The van der Waals surface area contributed by atoms with Gasteiger partial charge in [-0.3, -0.25) is 0 Å². The molecule has 0 atom stereocenters. The maximum absolute atomic E-state index is 19.6. The van der Waals surface area contributed by atoms with E-state index in [-0.39, 0.29) is 11.6 Å². The van der Waals surface area contributed by atoms with Crippen LogP contribution in [0.5, 0.6) is 0 Å². The van der Waals surface area contributed by atoms with Crippen molar-refractivity contribution in [2.75, 3.05) is 0 Å². The van der Waals surface area contributed by atoms with Crippen LogP contribution in [0.1, 0.15) is 307 Å². The second-order valence-corrected chi connectivity index (χ2v) is 26.5. The van der Waals surface area contributed by atoms with Crippen molar-refractivity contribution < 1.29 is 8.78 Å². The zero-order valence-electron chi connectivity index (χ0n) is 46.6. The number of hydrogen-bond donors (Lipinski definition) is 0. The van der Waals surface area contributed by atoms with E-state index in [1.807, 2.05) is 0 Å². The van der Waals surface area contributed by atoms with E-state index >= 15 is 8.78 Å². The van der Waals surface area contributed by atoms with Crippen molar-refractivity contribution in [3.05, 3.63) is 53.2 Å². The molecule has 0 spiro atoms. The summed E-state index contributed by atoms with van der Waals surface area (Å²) in [6, 6.07) is 4.59. The molecular weight excluding hydrogens is 1180 g/mol. The van der Waals surface area contributed by atoms with Gasteiger partial charge in [0.15, 0.2) is 0 Å². The van der Waals surface area contributed by atoms with Gasteiger partial charge in [-0.25, -0.2) is 8.78 Å². The zero-order valence-corrected chi connectivity index (χ0v) is 52.5. The monoisotopic (exact) mass is 1270 g/mol. The predicted octanol–water partition coefficient (Wildman–Crippen LogP) is 23.4. The number of hydrogen-bond acceptors (Lipinski definition) is 6. The van der Waals surface area contributed by atoms with E-state index in [0.29, 0.717) is 22.3 Å². The summed E-state index contributed by atoms with van der Waals surface area (Å²) in [5, 5.41) is 0. The van der Waals surface area contributed by atoms with E-state index in [4.69, 9.17) is 17.5 Å². The third-order valence-electron chi connectivity index (χ3n) is 17.7. The fraction of sp³-hybridized carbons (Fsp3) is 0.719. The number of halogens is 4. The lowest BCUT2D eigenvalue weighted by Crippen LogP contribution is -2.29. The van der Waals surface area contributed by atoms with Crippen molar-refractivity contribution in [3.63, 3.8) is 0 Å². The van der Waals surface area contributed by atoms with Gasteiger partial charge in [0.1, 0.15) is 33.7 Å². The fourth-order valence-electron chi connectivity index (χ4n) is 13.6. The molecule has 10 heteroatoms. The maximum Gasteiger partial charge on any atom is 0.136 e. The molecule has 0 unspecified atom stereocenters. The molecule has 0 bridgehead atoms. The second-order valence-electron chi connectivity index (χ2n) is 23.1. The molecule has 74 heavy (non-hydrogen) atoms. The zero-order chi connectivity index (χ0) is 52.2. The summed E-state index contributed by atoms with van der Waals surface area (Å²) in [6.45, 7) is 9.14. The minimum atomic E-state index is -0.674. The van der Waals surface area contributed by atoms with Crippen LogP contribution in [0, 0.1) is 18.8 Å². The Bertz CT molecular complexity index is 2270. The molecule has 3 aromatic carbocycles. The van der Waals surface area contributed by atoms with Crippen LogP contribution < -0.4 is 0 Å². The van der Waals surface area contributed by atoms with Crippen LogP contribution in [-0.2, 0) is 10.8 Å². The summed E-state index contributed by atoms with van der Waals surface area (Å²) in [7, 11) is 0. The SMILES string of the molecule is CCCCCCCCCCCC1(CCCCCCCCCCC)c2cc(I)c3nsnc3c2-c2c(F)c3c(c(F)c21)-c1c(cc(I)c2nsnc12)C3(CCCCCCCCCCC)CCCCCCCCCCC. The van der Waals surface area contributed by atoms with Crippen LogP contribution in [0.3, 0.4) is 0 Å². The summed E-state index contributed by atoms with van der Waals surface area (Å²) in [6.07, 6.45) is 47.4. The van der Waals surface area contributed by atoms with Gasteiger partial charge in [0, 0.05) is 51.4 Å². The number of rotatable bonds is 40. The minimum absolute atomic E-state index is 0.191. The lowest BCUT2D eigenvalue weighted by molar-refractivity contribution is 0.374. The molecule has 410 valence electrons. The Morgan fingerprint density at radius 3 is 0.824 bits per heavy atom. The molecule has 2 aliphatic carbocycles. The van der Waals surface area contributed by atoms with E-state index in [1.54, 1.807) is 0 Å². The van der Waals surface area contributed by atoms with Gasteiger partial charge in [0.2, 0.25) is 0 Å². The van der Waals surface area contributed by atoms with Gasteiger partial charge < -0.3 is 0 Å². The van der Waals surface area contributed by atoms with E-state index in [0.717, 1.165) is 129 Å². The highest BCUT2D eigenvalue weighted by Gasteiger charge is 2.54. The van der Waals surface area contributed by atoms with Gasteiger partial charge in [-0.05, 0) is 94.1 Å². The van der Waals surface area contributed by atoms with Crippen molar-refractivity contribution in [2.24, 2.45) is 0 Å². The van der Waals surface area contributed by atoms with E-state index in [9.17, 15) is 0 Å². The van der Waals surface area contributed by atoms with Crippen molar-refractivity contribution in [2.45, 2.75) is 295 Å². The molecule has 4 nitrogen and oxygen atoms in total. The maximum atomic E-state index is 19.6. The summed E-state index contributed by atoms with van der Waals surface area (Å²) in [4.78, 5) is 0. The lowest BCUT2D eigenvalue weighted by atomic mass is 9.68.